The highest BCUT2D eigenvalue weighted by molar-refractivity contribution is 5.69. The number of amides is 1. The van der Waals surface area contributed by atoms with Gasteiger partial charge in [-0.15, -0.1) is 0 Å². The number of aliphatic hydroxyl groups is 1. The van der Waals surface area contributed by atoms with Crippen molar-refractivity contribution in [3.8, 4) is 0 Å². The van der Waals surface area contributed by atoms with Crippen LogP contribution in [0.15, 0.2) is 0 Å². The number of rotatable bonds is 2. The molecule has 1 unspecified atom stereocenters. The van der Waals surface area contributed by atoms with E-state index in [0.29, 0.717) is 0 Å². The topological polar surface area (TPSA) is 93.6 Å². The Hall–Kier alpha value is -1.60. The molecule has 2 rings (SSSR count). The number of aromatic nitrogens is 2. The van der Waals surface area contributed by atoms with E-state index in [1.165, 1.54) is 4.90 Å². The molecule has 1 aliphatic rings. The smallest absolute Gasteiger partial charge is 0.410 e. The first-order valence-electron chi connectivity index (χ1n) is 7.40. The van der Waals surface area contributed by atoms with Gasteiger partial charge in [-0.25, -0.2) is 4.79 Å². The lowest BCUT2D eigenvalue weighted by Gasteiger charge is -2.49. The van der Waals surface area contributed by atoms with Gasteiger partial charge in [0.05, 0.1) is 24.8 Å². The van der Waals surface area contributed by atoms with Crippen molar-refractivity contribution in [2.45, 2.75) is 51.9 Å². The van der Waals surface area contributed by atoms with Gasteiger partial charge in [0.2, 0.25) is 0 Å². The molecule has 1 aromatic heterocycles. The Labute approximate surface area is 131 Å². The standard InChI is InChI=1S/C15H26N4O3/c1-9-11(10(2)18(6)17-9)12(16)15(21)7-19(8-15)13(20)22-14(3,4)5/h12,21H,7-8,16H2,1-6H3. The Kier molecular flexibility index (Phi) is 3.99. The van der Waals surface area contributed by atoms with Crippen molar-refractivity contribution in [1.29, 1.82) is 0 Å². The zero-order chi connectivity index (χ0) is 16.9. The van der Waals surface area contributed by atoms with Gasteiger partial charge >= 0.3 is 6.09 Å². The molecule has 1 fully saturated rings. The molecule has 0 aliphatic carbocycles. The fourth-order valence-corrected chi connectivity index (χ4v) is 2.78. The Bertz CT molecular complexity index is 582. The van der Waals surface area contributed by atoms with Gasteiger partial charge in [-0.1, -0.05) is 0 Å². The van der Waals surface area contributed by atoms with Gasteiger partial charge in [-0.05, 0) is 34.6 Å². The minimum Gasteiger partial charge on any atom is -0.444 e. The molecule has 1 aliphatic heterocycles. The predicted molar refractivity (Wildman–Crippen MR) is 82.4 cm³/mol. The van der Waals surface area contributed by atoms with Gasteiger partial charge in [0.1, 0.15) is 11.2 Å². The Morgan fingerprint density at radius 1 is 1.41 bits per heavy atom. The molecule has 1 atom stereocenters. The van der Waals surface area contributed by atoms with Crippen LogP contribution in [0.25, 0.3) is 0 Å². The van der Waals surface area contributed by atoms with Crippen LogP contribution in [-0.4, -0.2) is 50.2 Å². The number of β-amino-alcohol motifs (C(OH)–C–C–N with tert-alkyl or cyclic N) is 1. The molecule has 1 aromatic rings. The maximum Gasteiger partial charge on any atom is 0.410 e. The third-order valence-corrected chi connectivity index (χ3v) is 4.04. The molecule has 0 aromatic carbocycles. The predicted octanol–water partition coefficient (Wildman–Crippen LogP) is 1.02. The van der Waals surface area contributed by atoms with Crippen molar-refractivity contribution >= 4 is 6.09 Å². The summed E-state index contributed by atoms with van der Waals surface area (Å²) >= 11 is 0. The number of ether oxygens (including phenoxy) is 1. The number of nitrogens with zero attached hydrogens (tertiary/aromatic N) is 3. The van der Waals surface area contributed by atoms with Crippen molar-refractivity contribution < 1.29 is 14.6 Å². The summed E-state index contributed by atoms with van der Waals surface area (Å²) < 4.78 is 7.04. The maximum atomic E-state index is 12.0. The van der Waals surface area contributed by atoms with Crippen LogP contribution >= 0.6 is 0 Å². The molecule has 7 nitrogen and oxygen atoms in total. The summed E-state index contributed by atoms with van der Waals surface area (Å²) in [7, 11) is 1.84. The van der Waals surface area contributed by atoms with E-state index >= 15 is 0 Å². The summed E-state index contributed by atoms with van der Waals surface area (Å²) in [6.45, 7) is 9.55. The average Bonchev–Trinajstić information content (AvgIpc) is 2.56. The highest BCUT2D eigenvalue weighted by atomic mass is 16.6. The van der Waals surface area contributed by atoms with Crippen LogP contribution in [-0.2, 0) is 11.8 Å². The van der Waals surface area contributed by atoms with Gasteiger partial charge in [-0.2, -0.15) is 5.10 Å². The van der Waals surface area contributed by atoms with Gasteiger partial charge in [0.25, 0.3) is 0 Å². The number of aryl methyl sites for hydroxylation is 2. The lowest BCUT2D eigenvalue weighted by molar-refractivity contribution is -0.113. The molecule has 3 N–H and O–H groups in total. The molecule has 2 heterocycles. The molecule has 0 spiro atoms. The van der Waals surface area contributed by atoms with Gasteiger partial charge in [0.15, 0.2) is 0 Å². The van der Waals surface area contributed by atoms with E-state index < -0.39 is 23.3 Å². The molecule has 7 heteroatoms. The number of nitrogens with two attached hydrogens (primary N) is 1. The van der Waals surface area contributed by atoms with Crippen LogP contribution in [0.1, 0.15) is 43.8 Å². The lowest BCUT2D eigenvalue weighted by atomic mass is 9.82. The summed E-state index contributed by atoms with van der Waals surface area (Å²) in [6.07, 6.45) is -0.427. The highest BCUT2D eigenvalue weighted by Crippen LogP contribution is 2.35. The molecule has 1 saturated heterocycles. The molecule has 0 bridgehead atoms. The SMILES string of the molecule is Cc1nn(C)c(C)c1C(N)C1(O)CN(C(=O)OC(C)(C)C)C1. The van der Waals surface area contributed by atoms with Crippen molar-refractivity contribution in [3.63, 3.8) is 0 Å². The van der Waals surface area contributed by atoms with Crippen LogP contribution in [0.2, 0.25) is 0 Å². The summed E-state index contributed by atoms with van der Waals surface area (Å²) in [4.78, 5) is 13.4. The first-order valence-corrected chi connectivity index (χ1v) is 7.40. The van der Waals surface area contributed by atoms with Gasteiger partial charge in [-0.3, -0.25) is 4.68 Å². The number of hydrogen-bond acceptors (Lipinski definition) is 5. The summed E-state index contributed by atoms with van der Waals surface area (Å²) in [5.74, 6) is 0. The zero-order valence-electron chi connectivity index (χ0n) is 14.2. The summed E-state index contributed by atoms with van der Waals surface area (Å²) in [5, 5.41) is 15.0. The second kappa shape index (κ2) is 5.24. The van der Waals surface area contributed by atoms with Crippen LogP contribution in [0.3, 0.4) is 0 Å². The normalized spacial score (nSPS) is 18.8. The molecular formula is C15H26N4O3. The van der Waals surface area contributed by atoms with Gasteiger partial charge < -0.3 is 20.5 Å². The first-order chi connectivity index (χ1) is 9.94. The quantitative estimate of drug-likeness (QED) is 0.850. The number of carbonyl (C=O) groups is 1. The van der Waals surface area contributed by atoms with E-state index in [1.54, 1.807) is 4.68 Å². The van der Waals surface area contributed by atoms with Crippen molar-refractivity contribution in [2.75, 3.05) is 13.1 Å². The second-order valence-corrected chi connectivity index (χ2v) is 7.13. The summed E-state index contributed by atoms with van der Waals surface area (Å²) in [5.41, 5.74) is 7.13. The minimum absolute atomic E-state index is 0.164. The lowest BCUT2D eigenvalue weighted by Crippen LogP contribution is -2.68. The van der Waals surface area contributed by atoms with Crippen molar-refractivity contribution in [3.05, 3.63) is 17.0 Å². The highest BCUT2D eigenvalue weighted by Gasteiger charge is 2.50. The molecule has 0 radical (unpaired) electrons. The van der Waals surface area contributed by atoms with Crippen LogP contribution in [0.5, 0.6) is 0 Å². The Morgan fingerprint density at radius 3 is 2.36 bits per heavy atom. The zero-order valence-corrected chi connectivity index (χ0v) is 14.2. The number of hydrogen-bond donors (Lipinski definition) is 2. The monoisotopic (exact) mass is 310 g/mol. The van der Waals surface area contributed by atoms with E-state index in [0.717, 1.165) is 17.0 Å². The average molecular weight is 310 g/mol. The first kappa shape index (κ1) is 16.8. The third kappa shape index (κ3) is 2.96. The fraction of sp³-hybridized carbons (Fsp3) is 0.733. The summed E-state index contributed by atoms with van der Waals surface area (Å²) in [6, 6.07) is -0.583. The molecule has 124 valence electrons. The van der Waals surface area contributed by atoms with Crippen LogP contribution in [0, 0.1) is 13.8 Å². The molecular weight excluding hydrogens is 284 g/mol. The second-order valence-electron chi connectivity index (χ2n) is 7.13. The van der Waals surface area contributed by atoms with Crippen molar-refractivity contribution in [1.82, 2.24) is 14.7 Å². The van der Waals surface area contributed by atoms with Crippen LogP contribution < -0.4 is 5.73 Å². The van der Waals surface area contributed by atoms with Crippen molar-refractivity contribution in [2.24, 2.45) is 12.8 Å². The maximum absolute atomic E-state index is 12.0. The Morgan fingerprint density at radius 2 is 1.95 bits per heavy atom. The van der Waals surface area contributed by atoms with E-state index in [4.69, 9.17) is 10.5 Å². The number of likely N-dealkylation sites (tertiary alicyclic amines) is 1. The molecule has 22 heavy (non-hydrogen) atoms. The van der Waals surface area contributed by atoms with E-state index in [-0.39, 0.29) is 13.1 Å². The van der Waals surface area contributed by atoms with E-state index in [1.807, 2.05) is 41.7 Å². The molecule has 0 saturated carbocycles. The van der Waals surface area contributed by atoms with E-state index in [9.17, 15) is 9.90 Å². The number of carbonyl (C=O) groups excluding carboxylic acids is 1. The molecule has 1 amide bonds. The minimum atomic E-state index is -1.14. The third-order valence-electron chi connectivity index (χ3n) is 4.04. The Balaban J connectivity index is 2.07. The van der Waals surface area contributed by atoms with E-state index in [2.05, 4.69) is 5.10 Å². The largest absolute Gasteiger partial charge is 0.444 e. The fourth-order valence-electron chi connectivity index (χ4n) is 2.78. The van der Waals surface area contributed by atoms with Gasteiger partial charge in [0, 0.05) is 18.3 Å². The van der Waals surface area contributed by atoms with Crippen LogP contribution in [0.4, 0.5) is 4.79 Å².